The zero-order valence-corrected chi connectivity index (χ0v) is 19.1. The van der Waals surface area contributed by atoms with Crippen LogP contribution in [0.2, 0.25) is 0 Å². The summed E-state index contributed by atoms with van der Waals surface area (Å²) < 4.78 is 55.0. The number of nitrogens with zero attached hydrogens (tertiary/aromatic N) is 2. The lowest BCUT2D eigenvalue weighted by molar-refractivity contribution is 0.241. The number of amidine groups is 1. The van der Waals surface area contributed by atoms with Gasteiger partial charge < -0.3 is 10.6 Å². The first-order chi connectivity index (χ1) is 15.2. The van der Waals surface area contributed by atoms with Crippen molar-refractivity contribution in [1.29, 1.82) is 0 Å². The SMILES string of the molecule is Cc1ccc(S(=O)(=O)N2CCC3(CC2)NCCN=C3NCc2cc(F)cc(F)c2)c(C)c1. The molecule has 6 nitrogen and oxygen atoms in total. The van der Waals surface area contributed by atoms with Crippen LogP contribution < -0.4 is 10.6 Å². The van der Waals surface area contributed by atoms with Gasteiger partial charge in [0.1, 0.15) is 17.5 Å². The molecular formula is C23H28F2N4O2S. The van der Waals surface area contributed by atoms with E-state index in [1.807, 2.05) is 26.0 Å². The van der Waals surface area contributed by atoms with Crippen LogP contribution in [0.5, 0.6) is 0 Å². The molecule has 0 aromatic heterocycles. The normalized spacial score (nSPS) is 19.1. The van der Waals surface area contributed by atoms with E-state index < -0.39 is 27.2 Å². The van der Waals surface area contributed by atoms with E-state index in [4.69, 9.17) is 0 Å². The first-order valence-corrected chi connectivity index (χ1v) is 12.2. The number of piperidine rings is 1. The van der Waals surface area contributed by atoms with Gasteiger partial charge in [0.25, 0.3) is 0 Å². The molecule has 1 fully saturated rings. The summed E-state index contributed by atoms with van der Waals surface area (Å²) in [7, 11) is -3.59. The highest BCUT2D eigenvalue weighted by Crippen LogP contribution is 2.30. The van der Waals surface area contributed by atoms with Crippen molar-refractivity contribution in [3.63, 3.8) is 0 Å². The van der Waals surface area contributed by atoms with Crippen molar-refractivity contribution in [2.45, 2.75) is 43.7 Å². The lowest BCUT2D eigenvalue weighted by Crippen LogP contribution is -2.64. The summed E-state index contributed by atoms with van der Waals surface area (Å²) >= 11 is 0. The van der Waals surface area contributed by atoms with Crippen molar-refractivity contribution < 1.29 is 17.2 Å². The zero-order valence-electron chi connectivity index (χ0n) is 18.3. The zero-order chi connectivity index (χ0) is 22.9. The maximum Gasteiger partial charge on any atom is 0.243 e. The van der Waals surface area contributed by atoms with Gasteiger partial charge in [-0.1, -0.05) is 17.7 Å². The standard InChI is InChI=1S/C23H28F2N4O2S/c1-16-3-4-21(17(2)11-16)32(30,31)29-9-5-23(6-10-29)22(26-7-8-28-23)27-15-18-12-19(24)14-20(25)13-18/h3-4,11-14,28H,5-10,15H2,1-2H3,(H,26,27). The number of sulfonamides is 1. The van der Waals surface area contributed by atoms with Crippen molar-refractivity contribution in [3.05, 3.63) is 64.7 Å². The van der Waals surface area contributed by atoms with E-state index in [2.05, 4.69) is 15.6 Å². The Bertz CT molecular complexity index is 1120. The molecule has 0 radical (unpaired) electrons. The van der Waals surface area contributed by atoms with Gasteiger partial charge in [0, 0.05) is 32.2 Å². The molecule has 4 rings (SSSR count). The smallest absolute Gasteiger partial charge is 0.243 e. The molecule has 172 valence electrons. The van der Waals surface area contributed by atoms with E-state index in [0.717, 1.165) is 23.0 Å². The highest BCUT2D eigenvalue weighted by atomic mass is 32.2. The van der Waals surface area contributed by atoms with Crippen LogP contribution in [0.15, 0.2) is 46.3 Å². The molecule has 2 aromatic carbocycles. The number of hydrogen-bond donors (Lipinski definition) is 2. The number of benzene rings is 2. The van der Waals surface area contributed by atoms with Crippen molar-refractivity contribution >= 4 is 15.9 Å². The van der Waals surface area contributed by atoms with Crippen molar-refractivity contribution in [2.24, 2.45) is 4.99 Å². The average Bonchev–Trinajstić information content (AvgIpc) is 2.72. The molecule has 1 saturated heterocycles. The van der Waals surface area contributed by atoms with E-state index in [1.54, 1.807) is 6.07 Å². The summed E-state index contributed by atoms with van der Waals surface area (Å²) in [6.45, 7) is 6.00. The largest absolute Gasteiger partial charge is 0.368 e. The van der Waals surface area contributed by atoms with Crippen LogP contribution >= 0.6 is 0 Å². The van der Waals surface area contributed by atoms with Gasteiger partial charge in [0.15, 0.2) is 0 Å². The Labute approximate surface area is 187 Å². The molecule has 0 saturated carbocycles. The fourth-order valence-corrected chi connectivity index (χ4v) is 6.22. The van der Waals surface area contributed by atoms with Gasteiger partial charge in [0.2, 0.25) is 10.0 Å². The van der Waals surface area contributed by atoms with Gasteiger partial charge in [-0.25, -0.2) is 17.2 Å². The maximum absolute atomic E-state index is 13.5. The van der Waals surface area contributed by atoms with Crippen LogP contribution in [-0.4, -0.2) is 50.3 Å². The van der Waals surface area contributed by atoms with E-state index in [0.29, 0.717) is 49.5 Å². The third-order valence-electron chi connectivity index (χ3n) is 6.20. The summed E-state index contributed by atoms with van der Waals surface area (Å²) in [5.74, 6) is -0.521. The minimum absolute atomic E-state index is 0.238. The highest BCUT2D eigenvalue weighted by molar-refractivity contribution is 7.89. The van der Waals surface area contributed by atoms with Crippen molar-refractivity contribution in [2.75, 3.05) is 26.2 Å². The second-order valence-corrected chi connectivity index (χ2v) is 10.4. The Morgan fingerprint density at radius 3 is 2.44 bits per heavy atom. The molecule has 1 spiro atoms. The first kappa shape index (κ1) is 22.8. The molecule has 2 heterocycles. The third kappa shape index (κ3) is 4.55. The Balaban J connectivity index is 1.48. The van der Waals surface area contributed by atoms with Gasteiger partial charge in [-0.2, -0.15) is 4.31 Å². The minimum atomic E-state index is -3.59. The molecular weight excluding hydrogens is 434 g/mol. The molecule has 2 aromatic rings. The van der Waals surface area contributed by atoms with Gasteiger partial charge in [-0.05, 0) is 56.0 Å². The Morgan fingerprint density at radius 1 is 1.09 bits per heavy atom. The summed E-state index contributed by atoms with van der Waals surface area (Å²) in [5.41, 5.74) is 1.78. The number of hydrogen-bond acceptors (Lipinski definition) is 5. The van der Waals surface area contributed by atoms with Crippen LogP contribution in [-0.2, 0) is 16.6 Å². The summed E-state index contributed by atoms with van der Waals surface area (Å²) in [6, 6.07) is 8.80. The summed E-state index contributed by atoms with van der Waals surface area (Å²) in [4.78, 5) is 4.97. The number of nitrogens with one attached hydrogen (secondary N) is 2. The van der Waals surface area contributed by atoms with E-state index in [9.17, 15) is 17.2 Å². The first-order valence-electron chi connectivity index (χ1n) is 10.8. The van der Waals surface area contributed by atoms with E-state index in [-0.39, 0.29) is 6.54 Å². The molecule has 2 N–H and O–H groups in total. The van der Waals surface area contributed by atoms with Crippen molar-refractivity contribution in [3.8, 4) is 0 Å². The van der Waals surface area contributed by atoms with Crippen molar-refractivity contribution in [1.82, 2.24) is 14.9 Å². The molecule has 0 bridgehead atoms. The van der Waals surface area contributed by atoms with Crippen LogP contribution in [0.3, 0.4) is 0 Å². The lowest BCUT2D eigenvalue weighted by Gasteiger charge is -2.44. The van der Waals surface area contributed by atoms with Crippen LogP contribution in [0.25, 0.3) is 0 Å². The molecule has 0 amide bonds. The lowest BCUT2D eigenvalue weighted by atomic mass is 9.85. The summed E-state index contributed by atoms with van der Waals surface area (Å²) in [6.07, 6.45) is 1.11. The predicted molar refractivity (Wildman–Crippen MR) is 120 cm³/mol. The molecule has 0 aliphatic carbocycles. The Kier molecular flexibility index (Phi) is 6.33. The molecule has 9 heteroatoms. The van der Waals surface area contributed by atoms with Gasteiger partial charge in [-0.3, -0.25) is 4.99 Å². The average molecular weight is 463 g/mol. The quantitative estimate of drug-likeness (QED) is 0.733. The molecule has 2 aliphatic rings. The fourth-order valence-electron chi connectivity index (χ4n) is 4.57. The second kappa shape index (κ2) is 8.88. The molecule has 0 unspecified atom stereocenters. The molecule has 0 atom stereocenters. The van der Waals surface area contributed by atoms with Crippen LogP contribution in [0.1, 0.15) is 29.5 Å². The third-order valence-corrected chi connectivity index (χ3v) is 8.26. The van der Waals surface area contributed by atoms with Gasteiger partial charge >= 0.3 is 0 Å². The monoisotopic (exact) mass is 462 g/mol. The molecule has 2 aliphatic heterocycles. The second-order valence-electron chi connectivity index (χ2n) is 8.54. The fraction of sp³-hybridized carbons (Fsp3) is 0.435. The minimum Gasteiger partial charge on any atom is -0.368 e. The number of aliphatic imine (C=N–C) groups is 1. The highest BCUT2D eigenvalue weighted by Gasteiger charge is 2.43. The van der Waals surface area contributed by atoms with E-state index in [1.165, 1.54) is 16.4 Å². The van der Waals surface area contributed by atoms with E-state index >= 15 is 0 Å². The molecule has 32 heavy (non-hydrogen) atoms. The Morgan fingerprint density at radius 2 is 1.78 bits per heavy atom. The number of halogens is 2. The Hall–Kier alpha value is -2.36. The van der Waals surface area contributed by atoms with Crippen LogP contribution in [0.4, 0.5) is 8.78 Å². The van der Waals surface area contributed by atoms with Gasteiger partial charge in [-0.15, -0.1) is 0 Å². The van der Waals surface area contributed by atoms with Crippen LogP contribution in [0, 0.1) is 25.5 Å². The topological polar surface area (TPSA) is 73.8 Å². The predicted octanol–water partition coefficient (Wildman–Crippen LogP) is 2.90. The van der Waals surface area contributed by atoms with Gasteiger partial charge in [0.05, 0.1) is 17.0 Å². The maximum atomic E-state index is 13.5. The summed E-state index contributed by atoms with van der Waals surface area (Å²) in [5, 5.41) is 6.75. The number of aryl methyl sites for hydroxylation is 2. The number of rotatable bonds is 4.